The SMILES string of the molecule is C[C@H](NC(=O)CC1CNCCO1)C(=O)N[C@@H](Cc1ccc2c(c1)CCNS2(=O)=O)C(=O)N[C@@H](CC1CCCC1)C(=O)[C@@]1(C)CO1. The van der Waals surface area contributed by atoms with Gasteiger partial charge in [-0.05, 0) is 49.8 Å². The summed E-state index contributed by atoms with van der Waals surface area (Å²) < 4.78 is 38.4. The van der Waals surface area contributed by atoms with Gasteiger partial charge < -0.3 is 30.7 Å². The van der Waals surface area contributed by atoms with E-state index in [2.05, 4.69) is 26.0 Å². The largest absolute Gasteiger partial charge is 0.375 e. The highest BCUT2D eigenvalue weighted by Crippen LogP contribution is 2.33. The van der Waals surface area contributed by atoms with Crippen molar-refractivity contribution in [3.63, 3.8) is 0 Å². The number of fused-ring (bicyclic) bond motifs is 1. The Kier molecular flexibility index (Phi) is 10.6. The van der Waals surface area contributed by atoms with E-state index in [0.717, 1.165) is 32.2 Å². The van der Waals surface area contributed by atoms with Crippen LogP contribution in [0.2, 0.25) is 0 Å². The molecule has 2 saturated heterocycles. The summed E-state index contributed by atoms with van der Waals surface area (Å²) in [6.45, 7) is 5.59. The minimum atomic E-state index is -3.60. The first-order valence-corrected chi connectivity index (χ1v) is 17.4. The third kappa shape index (κ3) is 8.67. The van der Waals surface area contributed by atoms with Crippen LogP contribution in [-0.2, 0) is 51.5 Å². The Morgan fingerprint density at radius 2 is 1.78 bits per heavy atom. The Morgan fingerprint density at radius 3 is 2.47 bits per heavy atom. The summed E-state index contributed by atoms with van der Waals surface area (Å²) in [6, 6.07) is 2.06. The minimum absolute atomic E-state index is 0.0543. The van der Waals surface area contributed by atoms with E-state index in [0.29, 0.717) is 49.6 Å². The maximum Gasteiger partial charge on any atom is 0.243 e. The molecule has 1 aromatic carbocycles. The lowest BCUT2D eigenvalue weighted by atomic mass is 9.90. The number of epoxide rings is 1. The van der Waals surface area contributed by atoms with Crippen molar-refractivity contribution in [1.82, 2.24) is 26.0 Å². The Hall–Kier alpha value is -2.91. The van der Waals surface area contributed by atoms with Gasteiger partial charge in [0, 0.05) is 26.1 Å². The molecular weight excluding hydrogens is 602 g/mol. The molecule has 5 rings (SSSR count). The van der Waals surface area contributed by atoms with Crippen LogP contribution in [0.4, 0.5) is 0 Å². The molecule has 1 aromatic rings. The van der Waals surface area contributed by atoms with Crippen LogP contribution in [0.5, 0.6) is 0 Å². The number of hydrogen-bond acceptors (Lipinski definition) is 9. The standard InChI is InChI=1S/C31H45N5O8S/c1-19(34-27(37)16-23-17-32-11-12-43-23)29(39)36-25(15-21-7-8-26-22(13-21)9-10-33-45(26,41)42)30(40)35-24(14-20-5-3-4-6-20)28(38)31(2)18-44-31/h7-8,13,19-20,23-25,32-33H,3-6,9-12,14-18H2,1-2H3,(H,34,37)(H,35,40)(H,36,39)/t19-,23?,24-,25-,31+/m0/s1. The van der Waals surface area contributed by atoms with Gasteiger partial charge in [0.05, 0.1) is 36.7 Å². The molecule has 0 radical (unpaired) electrons. The Labute approximate surface area is 264 Å². The van der Waals surface area contributed by atoms with Crippen molar-refractivity contribution in [3.8, 4) is 0 Å². The molecule has 5 N–H and O–H groups in total. The fourth-order valence-corrected chi connectivity index (χ4v) is 7.66. The number of hydrogen-bond donors (Lipinski definition) is 5. The molecule has 1 aliphatic carbocycles. The molecule has 1 saturated carbocycles. The van der Waals surface area contributed by atoms with Gasteiger partial charge in [-0.3, -0.25) is 19.2 Å². The Morgan fingerprint density at radius 1 is 1.04 bits per heavy atom. The maximum atomic E-state index is 13.9. The number of Topliss-reactive ketones (excluding diaryl/α,β-unsaturated/α-hetero) is 1. The number of ketones is 1. The highest BCUT2D eigenvalue weighted by Gasteiger charge is 2.50. The van der Waals surface area contributed by atoms with Crippen LogP contribution in [0.3, 0.4) is 0 Å². The summed E-state index contributed by atoms with van der Waals surface area (Å²) in [5.74, 6) is -1.32. The molecule has 5 atom stereocenters. The number of nitrogens with one attached hydrogen (secondary N) is 5. The fourth-order valence-electron chi connectivity index (χ4n) is 6.38. The summed E-state index contributed by atoms with van der Waals surface area (Å²) in [7, 11) is -3.60. The molecule has 45 heavy (non-hydrogen) atoms. The van der Waals surface area contributed by atoms with Gasteiger partial charge in [0.2, 0.25) is 27.7 Å². The van der Waals surface area contributed by atoms with Crippen molar-refractivity contribution in [2.75, 3.05) is 32.8 Å². The zero-order valence-electron chi connectivity index (χ0n) is 26.0. The van der Waals surface area contributed by atoms with E-state index in [1.165, 1.54) is 13.0 Å². The van der Waals surface area contributed by atoms with E-state index in [-0.39, 0.29) is 42.1 Å². The van der Waals surface area contributed by atoms with Gasteiger partial charge in [0.25, 0.3) is 0 Å². The number of amides is 3. The average Bonchev–Trinajstić information content (AvgIpc) is 3.54. The monoisotopic (exact) mass is 647 g/mol. The number of carbonyl (C=O) groups is 4. The first-order valence-electron chi connectivity index (χ1n) is 16.0. The molecular formula is C31H45N5O8S. The molecule has 0 aromatic heterocycles. The predicted molar refractivity (Wildman–Crippen MR) is 164 cm³/mol. The van der Waals surface area contributed by atoms with Crippen molar-refractivity contribution >= 4 is 33.5 Å². The van der Waals surface area contributed by atoms with Crippen LogP contribution in [0.1, 0.15) is 63.5 Å². The van der Waals surface area contributed by atoms with Crippen LogP contribution >= 0.6 is 0 Å². The summed E-state index contributed by atoms with van der Waals surface area (Å²) in [6.07, 6.45) is 5.00. The van der Waals surface area contributed by atoms with Gasteiger partial charge in [0.15, 0.2) is 5.78 Å². The van der Waals surface area contributed by atoms with E-state index in [1.807, 2.05) is 0 Å². The molecule has 1 unspecified atom stereocenters. The zero-order valence-corrected chi connectivity index (χ0v) is 26.8. The van der Waals surface area contributed by atoms with Crippen molar-refractivity contribution < 1.29 is 37.1 Å². The fraction of sp³-hybridized carbons (Fsp3) is 0.677. The summed E-state index contributed by atoms with van der Waals surface area (Å²) in [5.41, 5.74) is 0.356. The predicted octanol–water partition coefficient (Wildman–Crippen LogP) is -0.145. The number of rotatable bonds is 13. The van der Waals surface area contributed by atoms with Gasteiger partial charge in [-0.1, -0.05) is 37.8 Å². The molecule has 13 nitrogen and oxygen atoms in total. The normalized spacial score (nSPS) is 26.1. The van der Waals surface area contributed by atoms with Gasteiger partial charge in [-0.2, -0.15) is 0 Å². The van der Waals surface area contributed by atoms with Gasteiger partial charge >= 0.3 is 0 Å². The third-order valence-electron chi connectivity index (χ3n) is 9.14. The molecule has 14 heteroatoms. The number of carbonyl (C=O) groups excluding carboxylic acids is 4. The first kappa shape index (κ1) is 33.5. The first-order chi connectivity index (χ1) is 21.4. The van der Waals surface area contributed by atoms with Crippen LogP contribution in [0.25, 0.3) is 0 Å². The number of sulfonamides is 1. The lowest BCUT2D eigenvalue weighted by molar-refractivity contribution is -0.134. The molecule has 3 aliphatic heterocycles. The highest BCUT2D eigenvalue weighted by atomic mass is 32.2. The Balaban J connectivity index is 1.31. The van der Waals surface area contributed by atoms with Gasteiger partial charge in [-0.25, -0.2) is 13.1 Å². The average molecular weight is 648 g/mol. The zero-order chi connectivity index (χ0) is 32.2. The van der Waals surface area contributed by atoms with E-state index >= 15 is 0 Å². The van der Waals surface area contributed by atoms with Gasteiger partial charge in [-0.15, -0.1) is 0 Å². The topological polar surface area (TPSA) is 184 Å². The van der Waals surface area contributed by atoms with Crippen LogP contribution in [0, 0.1) is 5.92 Å². The van der Waals surface area contributed by atoms with E-state index in [9.17, 15) is 27.6 Å². The van der Waals surface area contributed by atoms with E-state index in [4.69, 9.17) is 9.47 Å². The quantitative estimate of drug-likeness (QED) is 0.182. The van der Waals surface area contributed by atoms with Crippen LogP contribution < -0.4 is 26.0 Å². The summed E-state index contributed by atoms with van der Waals surface area (Å²) in [4.78, 5) is 53.5. The molecule has 248 valence electrons. The molecule has 3 heterocycles. The molecule has 3 amide bonds. The van der Waals surface area contributed by atoms with Crippen molar-refractivity contribution in [3.05, 3.63) is 29.3 Å². The maximum absolute atomic E-state index is 13.9. The minimum Gasteiger partial charge on any atom is -0.375 e. The molecule has 3 fully saturated rings. The summed E-state index contributed by atoms with van der Waals surface area (Å²) >= 11 is 0. The molecule has 0 spiro atoms. The van der Waals surface area contributed by atoms with Crippen molar-refractivity contribution in [2.45, 2.75) is 99.9 Å². The Bertz CT molecular complexity index is 1390. The number of benzene rings is 1. The van der Waals surface area contributed by atoms with E-state index < -0.39 is 45.6 Å². The van der Waals surface area contributed by atoms with Crippen molar-refractivity contribution in [2.24, 2.45) is 5.92 Å². The van der Waals surface area contributed by atoms with E-state index in [1.54, 1.807) is 19.1 Å². The lowest BCUT2D eigenvalue weighted by Crippen LogP contribution is -2.57. The third-order valence-corrected chi connectivity index (χ3v) is 10.7. The summed E-state index contributed by atoms with van der Waals surface area (Å²) in [5, 5.41) is 11.6. The second kappa shape index (κ2) is 14.2. The van der Waals surface area contributed by atoms with Crippen LogP contribution in [0.15, 0.2) is 23.1 Å². The highest BCUT2D eigenvalue weighted by molar-refractivity contribution is 7.89. The second-order valence-electron chi connectivity index (χ2n) is 12.9. The molecule has 4 aliphatic rings. The van der Waals surface area contributed by atoms with Crippen molar-refractivity contribution in [1.29, 1.82) is 0 Å². The molecule has 0 bridgehead atoms. The number of ether oxygens (including phenoxy) is 2. The smallest absolute Gasteiger partial charge is 0.243 e. The van der Waals surface area contributed by atoms with Gasteiger partial charge in [0.1, 0.15) is 17.7 Å². The second-order valence-corrected chi connectivity index (χ2v) is 14.6. The lowest BCUT2D eigenvalue weighted by Gasteiger charge is -2.27. The van der Waals surface area contributed by atoms with Crippen LogP contribution in [-0.4, -0.2) is 94.6 Å². The number of morpholine rings is 1.